The summed E-state index contributed by atoms with van der Waals surface area (Å²) in [6, 6.07) is 5.58. The van der Waals surface area contributed by atoms with Gasteiger partial charge in [0.05, 0.1) is 5.69 Å². The van der Waals surface area contributed by atoms with Gasteiger partial charge in [-0.3, -0.25) is 14.4 Å². The number of aryl methyl sites for hydroxylation is 1. The number of nitrogens with one attached hydrogen (secondary N) is 3. The average Bonchev–Trinajstić information content (AvgIpc) is 3.19. The van der Waals surface area contributed by atoms with Gasteiger partial charge in [-0.1, -0.05) is 23.5 Å². The van der Waals surface area contributed by atoms with Crippen molar-refractivity contribution in [3.05, 3.63) is 60.8 Å². The van der Waals surface area contributed by atoms with Gasteiger partial charge < -0.3 is 21.1 Å². The number of carbonyl (C=O) groups is 2. The molecule has 0 spiro atoms. The molecule has 1 aromatic heterocycles. The highest BCUT2D eigenvalue weighted by atomic mass is 32.1. The fraction of sp³-hybridized carbons (Fsp3) is 0.300. The van der Waals surface area contributed by atoms with Crippen molar-refractivity contribution in [2.45, 2.75) is 32.7 Å². The molecule has 2 aromatic carbocycles. The van der Waals surface area contributed by atoms with E-state index >= 15 is 0 Å². The minimum absolute atomic E-state index is 0.00303. The van der Waals surface area contributed by atoms with E-state index in [0.717, 1.165) is 18.0 Å². The Kier molecular flexibility index (Phi) is 6.75. The minimum Gasteiger partial charge on any atom is -0.480 e. The molecule has 31 heavy (non-hydrogen) atoms. The normalized spacial score (nSPS) is 11.8. The standard InChI is InChI=1S/C20H21N5O5S/c1-3-8-21-14-15(17(27)16(14)26)23-13(20(29)30)9-11-4-6-12(7-5-11)22-19(28)18-10(2)24-25-31-18/h4-7,13,21,23H,3,8-9H2,1-2H3,(H,22,28)(H,29,30)/t13-/m0/s1. The molecule has 162 valence electrons. The Labute approximate surface area is 181 Å². The zero-order valence-corrected chi connectivity index (χ0v) is 17.7. The van der Waals surface area contributed by atoms with Crippen molar-refractivity contribution in [2.75, 3.05) is 22.5 Å². The number of carboxylic acids is 1. The van der Waals surface area contributed by atoms with Crippen LogP contribution in [0.4, 0.5) is 17.1 Å². The van der Waals surface area contributed by atoms with Gasteiger partial charge in [0.15, 0.2) is 0 Å². The molecule has 0 aliphatic heterocycles. The lowest BCUT2D eigenvalue weighted by atomic mass is 10.0. The maximum atomic E-state index is 12.2. The largest absolute Gasteiger partial charge is 0.480 e. The molecule has 1 amide bonds. The summed E-state index contributed by atoms with van der Waals surface area (Å²) < 4.78 is 3.73. The van der Waals surface area contributed by atoms with Gasteiger partial charge in [0.25, 0.3) is 16.8 Å². The van der Waals surface area contributed by atoms with Crippen molar-refractivity contribution in [1.82, 2.24) is 9.59 Å². The molecule has 3 rings (SSSR count). The molecule has 0 saturated carbocycles. The number of aliphatic carboxylic acids is 1. The summed E-state index contributed by atoms with van der Waals surface area (Å²) in [5, 5.41) is 21.6. The van der Waals surface area contributed by atoms with Crippen molar-refractivity contribution in [2.24, 2.45) is 0 Å². The number of hydrogen-bond donors (Lipinski definition) is 4. The molecule has 4 N–H and O–H groups in total. The molecule has 0 fully saturated rings. The monoisotopic (exact) mass is 443 g/mol. The zero-order valence-electron chi connectivity index (χ0n) is 16.9. The smallest absolute Gasteiger partial charge is 0.326 e. The Bertz CT molecular complexity index is 1160. The van der Waals surface area contributed by atoms with Crippen LogP contribution in [0.3, 0.4) is 0 Å². The van der Waals surface area contributed by atoms with Crippen LogP contribution >= 0.6 is 11.5 Å². The molecule has 10 nitrogen and oxygen atoms in total. The lowest BCUT2D eigenvalue weighted by Crippen LogP contribution is -2.42. The second kappa shape index (κ2) is 9.47. The molecular weight excluding hydrogens is 422 g/mol. The van der Waals surface area contributed by atoms with Crippen LogP contribution in [0.2, 0.25) is 0 Å². The van der Waals surface area contributed by atoms with E-state index in [9.17, 15) is 24.3 Å². The molecule has 11 heteroatoms. The number of carboxylic acid groups (broad SMARTS) is 1. The van der Waals surface area contributed by atoms with Crippen LogP contribution in [-0.2, 0) is 11.2 Å². The molecule has 1 heterocycles. The van der Waals surface area contributed by atoms with Crippen molar-refractivity contribution >= 4 is 40.5 Å². The second-order valence-corrected chi connectivity index (χ2v) is 7.67. The fourth-order valence-corrected chi connectivity index (χ4v) is 3.46. The van der Waals surface area contributed by atoms with Gasteiger partial charge in [0, 0.05) is 18.7 Å². The Morgan fingerprint density at radius 1 is 1.13 bits per heavy atom. The first-order chi connectivity index (χ1) is 14.8. The highest BCUT2D eigenvalue weighted by Gasteiger charge is 2.26. The van der Waals surface area contributed by atoms with Gasteiger partial charge in [-0.2, -0.15) is 0 Å². The van der Waals surface area contributed by atoms with E-state index in [1.54, 1.807) is 31.2 Å². The van der Waals surface area contributed by atoms with Crippen molar-refractivity contribution < 1.29 is 14.7 Å². The predicted molar refractivity (Wildman–Crippen MR) is 118 cm³/mol. The van der Waals surface area contributed by atoms with Crippen LogP contribution in [-0.4, -0.2) is 39.2 Å². The van der Waals surface area contributed by atoms with E-state index in [1.807, 2.05) is 6.92 Å². The van der Waals surface area contributed by atoms with Crippen LogP contribution in [0.1, 0.15) is 34.3 Å². The summed E-state index contributed by atoms with van der Waals surface area (Å²) in [5.74, 6) is -1.47. The van der Waals surface area contributed by atoms with E-state index in [1.165, 1.54) is 0 Å². The van der Waals surface area contributed by atoms with Crippen molar-refractivity contribution in [3.8, 4) is 0 Å². The van der Waals surface area contributed by atoms with Gasteiger partial charge in [0.1, 0.15) is 22.3 Å². The van der Waals surface area contributed by atoms with Gasteiger partial charge >= 0.3 is 5.97 Å². The minimum atomic E-state index is -1.15. The van der Waals surface area contributed by atoms with Crippen molar-refractivity contribution in [3.63, 3.8) is 0 Å². The van der Waals surface area contributed by atoms with Crippen LogP contribution in [0.25, 0.3) is 0 Å². The highest BCUT2D eigenvalue weighted by Crippen LogP contribution is 2.19. The number of nitrogens with zero attached hydrogens (tertiary/aromatic N) is 2. The Morgan fingerprint density at radius 2 is 1.81 bits per heavy atom. The number of benzene rings is 1. The van der Waals surface area contributed by atoms with E-state index in [4.69, 9.17) is 0 Å². The maximum absolute atomic E-state index is 12.2. The number of rotatable bonds is 10. The quantitative estimate of drug-likeness (QED) is 0.343. The van der Waals surface area contributed by atoms with Crippen LogP contribution < -0.4 is 26.8 Å². The highest BCUT2D eigenvalue weighted by molar-refractivity contribution is 7.08. The maximum Gasteiger partial charge on any atom is 0.326 e. The third-order valence-electron chi connectivity index (χ3n) is 4.59. The summed E-state index contributed by atoms with van der Waals surface area (Å²) in [5.41, 5.74) is 0.514. The number of anilines is 3. The summed E-state index contributed by atoms with van der Waals surface area (Å²) >= 11 is 1.00. The summed E-state index contributed by atoms with van der Waals surface area (Å²) in [6.45, 7) is 4.11. The van der Waals surface area contributed by atoms with E-state index in [-0.39, 0.29) is 23.7 Å². The topological polar surface area (TPSA) is 150 Å². The summed E-state index contributed by atoms with van der Waals surface area (Å²) in [4.78, 5) is 47.9. The van der Waals surface area contributed by atoms with Crippen LogP contribution in [0.15, 0.2) is 33.9 Å². The van der Waals surface area contributed by atoms with Crippen LogP contribution in [0.5, 0.6) is 0 Å². The molecular formula is C20H21N5O5S. The number of hydrogen-bond acceptors (Lipinski definition) is 9. The first-order valence-corrected chi connectivity index (χ1v) is 10.3. The number of carbonyl (C=O) groups excluding carboxylic acids is 1. The first-order valence-electron chi connectivity index (χ1n) is 9.57. The van der Waals surface area contributed by atoms with Gasteiger partial charge in [-0.25, -0.2) is 4.79 Å². The Hall–Kier alpha value is -3.60. The molecule has 0 aliphatic rings. The molecule has 0 unspecified atom stereocenters. The lowest BCUT2D eigenvalue weighted by molar-refractivity contribution is -0.137. The summed E-state index contributed by atoms with van der Waals surface area (Å²) in [6.07, 6.45) is 0.829. The molecule has 1 atom stereocenters. The van der Waals surface area contributed by atoms with E-state index in [0.29, 0.717) is 28.4 Å². The fourth-order valence-electron chi connectivity index (χ4n) is 2.91. The number of aromatic nitrogens is 2. The van der Waals surface area contributed by atoms with Gasteiger partial charge in [-0.15, -0.1) is 5.10 Å². The Morgan fingerprint density at radius 3 is 2.39 bits per heavy atom. The Balaban J connectivity index is 1.67. The third kappa shape index (κ3) is 4.94. The van der Waals surface area contributed by atoms with Gasteiger partial charge in [-0.05, 0) is 42.6 Å². The average molecular weight is 443 g/mol. The zero-order chi connectivity index (χ0) is 22.5. The SMILES string of the molecule is CCCNc1c(N[C@@H](Cc2ccc(NC(=O)c3snnc3C)cc2)C(=O)O)c(=O)c1=O. The van der Waals surface area contributed by atoms with E-state index < -0.39 is 22.9 Å². The third-order valence-corrected chi connectivity index (χ3v) is 5.41. The lowest BCUT2D eigenvalue weighted by Gasteiger charge is -2.20. The van der Waals surface area contributed by atoms with Crippen molar-refractivity contribution in [1.29, 1.82) is 0 Å². The summed E-state index contributed by atoms with van der Waals surface area (Å²) in [7, 11) is 0. The van der Waals surface area contributed by atoms with Gasteiger partial charge in [0.2, 0.25) is 0 Å². The molecule has 0 radical (unpaired) electrons. The molecule has 0 saturated heterocycles. The second-order valence-electron chi connectivity index (χ2n) is 6.91. The van der Waals surface area contributed by atoms with E-state index in [2.05, 4.69) is 25.5 Å². The predicted octanol–water partition coefficient (Wildman–Crippen LogP) is 1.62. The first kappa shape index (κ1) is 22.1. The van der Waals surface area contributed by atoms with Crippen LogP contribution in [0, 0.1) is 6.92 Å². The number of amides is 1. The molecule has 0 aliphatic carbocycles. The molecule has 0 bridgehead atoms. The molecule has 3 aromatic rings.